The number of hydrogen-bond acceptors (Lipinski definition) is 4. The highest BCUT2D eigenvalue weighted by molar-refractivity contribution is 5.80. The Morgan fingerprint density at radius 1 is 0.413 bits per heavy atom. The van der Waals surface area contributed by atoms with Gasteiger partial charge in [-0.1, -0.05) is 103 Å². The minimum absolute atomic E-state index is 0.540. The van der Waals surface area contributed by atoms with Crippen LogP contribution in [0.4, 0.5) is 17.1 Å². The molecule has 334 valence electrons. The molecule has 0 saturated heterocycles. The SMILES string of the molecule is CC(C)N1C=CCc2ccccc21.CC(C)N1CCCc2ccccc21.CC(C)N1CCc2ccccc21.CC(C)N1CCc2ccccc2C1.CC(C)n1ccc2ccccc21. The number of anilines is 3. The van der Waals surface area contributed by atoms with Gasteiger partial charge in [-0.25, -0.2) is 0 Å². The Morgan fingerprint density at radius 3 is 1.56 bits per heavy atom. The lowest BCUT2D eigenvalue weighted by Gasteiger charge is -2.34. The average Bonchev–Trinajstić information content (AvgIpc) is 3.95. The van der Waals surface area contributed by atoms with E-state index in [4.69, 9.17) is 0 Å². The van der Waals surface area contributed by atoms with Crippen LogP contribution in [-0.2, 0) is 32.2 Å². The normalized spacial score (nSPS) is 15.1. The molecule has 0 unspecified atom stereocenters. The Kier molecular flexibility index (Phi) is 17.2. The zero-order valence-electron chi connectivity index (χ0n) is 40.3. The van der Waals surface area contributed by atoms with E-state index in [1.165, 1.54) is 95.5 Å². The molecule has 6 aromatic rings. The van der Waals surface area contributed by atoms with Gasteiger partial charge in [0.15, 0.2) is 0 Å². The van der Waals surface area contributed by atoms with Crippen molar-refractivity contribution in [2.75, 3.05) is 34.3 Å². The van der Waals surface area contributed by atoms with E-state index in [0.29, 0.717) is 30.2 Å². The van der Waals surface area contributed by atoms with Crippen LogP contribution in [0.2, 0.25) is 0 Å². The van der Waals surface area contributed by atoms with Crippen LogP contribution in [-0.4, -0.2) is 53.3 Å². The summed E-state index contributed by atoms with van der Waals surface area (Å²) in [5, 5.41) is 1.33. The standard InChI is InChI=1S/C12H17N.C12H15N.C12H17N.C11H15N.C11H13N/c2*1-10(2)13-9-5-7-11-6-3-4-8-12(11)13;1-10(2)13-8-7-11-5-3-4-6-12(11)9-13;2*1-9(2)12-8-7-10-5-3-4-6-11(10)12/h3-4,6,8,10H,5,7,9H2,1-2H3;3-6,8-10H,7H2,1-2H3;3-6,10H,7-9H2,1-2H3;3-6,9H,7-8H2,1-2H3;3-9H,1-2H3. The second-order valence-electron chi connectivity index (χ2n) is 18.9. The number of hydrogen-bond donors (Lipinski definition) is 0. The van der Waals surface area contributed by atoms with Crippen LogP contribution in [0.3, 0.4) is 0 Å². The van der Waals surface area contributed by atoms with Crippen LogP contribution in [0.25, 0.3) is 10.9 Å². The number of benzene rings is 5. The quantitative estimate of drug-likeness (QED) is 0.172. The summed E-state index contributed by atoms with van der Waals surface area (Å²) in [5.41, 5.74) is 13.1. The third kappa shape index (κ3) is 12.5. The first-order valence-corrected chi connectivity index (χ1v) is 24.0. The molecule has 0 radical (unpaired) electrons. The lowest BCUT2D eigenvalue weighted by molar-refractivity contribution is 0.203. The van der Waals surface area contributed by atoms with Crippen LogP contribution < -0.4 is 14.7 Å². The molecule has 0 N–H and O–H groups in total. The summed E-state index contributed by atoms with van der Waals surface area (Å²) in [6.45, 7) is 27.2. The molecule has 0 spiro atoms. The maximum Gasteiger partial charge on any atom is 0.0482 e. The largest absolute Gasteiger partial charge is 0.369 e. The van der Waals surface area contributed by atoms with Gasteiger partial charge in [0, 0.05) is 91.4 Å². The highest BCUT2D eigenvalue weighted by Crippen LogP contribution is 2.30. The van der Waals surface area contributed by atoms with Crippen molar-refractivity contribution in [1.82, 2.24) is 9.47 Å². The number of allylic oxidation sites excluding steroid dienone is 1. The number of para-hydroxylation sites is 4. The molecule has 0 atom stereocenters. The van der Waals surface area contributed by atoms with Gasteiger partial charge in [-0.05, 0) is 165 Å². The summed E-state index contributed by atoms with van der Waals surface area (Å²) in [6, 6.07) is 48.5. The maximum atomic E-state index is 2.53. The summed E-state index contributed by atoms with van der Waals surface area (Å²) in [5.74, 6) is 0. The topological polar surface area (TPSA) is 17.9 Å². The van der Waals surface area contributed by atoms with Gasteiger partial charge in [-0.15, -0.1) is 0 Å². The van der Waals surface area contributed by atoms with Crippen LogP contribution in [0.5, 0.6) is 0 Å². The van der Waals surface area contributed by atoms with Crippen molar-refractivity contribution >= 4 is 28.0 Å². The van der Waals surface area contributed by atoms with Gasteiger partial charge in [0.25, 0.3) is 0 Å². The Labute approximate surface area is 382 Å². The molecular formula is C58H77N5. The molecule has 10 rings (SSSR count). The van der Waals surface area contributed by atoms with Crippen LogP contribution >= 0.6 is 0 Å². The van der Waals surface area contributed by atoms with Gasteiger partial charge in [0.1, 0.15) is 0 Å². The Morgan fingerprint density at radius 2 is 0.937 bits per heavy atom. The monoisotopic (exact) mass is 844 g/mol. The lowest BCUT2D eigenvalue weighted by atomic mass is 9.99. The van der Waals surface area contributed by atoms with Crippen molar-refractivity contribution in [2.24, 2.45) is 0 Å². The molecule has 0 saturated carbocycles. The third-order valence-electron chi connectivity index (χ3n) is 12.8. The summed E-state index contributed by atoms with van der Waals surface area (Å²) in [7, 11) is 0. The van der Waals surface area contributed by atoms with Crippen molar-refractivity contribution in [3.63, 3.8) is 0 Å². The van der Waals surface area contributed by atoms with Gasteiger partial charge in [-0.3, -0.25) is 4.90 Å². The number of aryl methyl sites for hydroxylation is 1. The molecule has 5 nitrogen and oxygen atoms in total. The lowest BCUT2D eigenvalue weighted by Crippen LogP contribution is -2.35. The average molecular weight is 844 g/mol. The van der Waals surface area contributed by atoms with Crippen molar-refractivity contribution in [2.45, 2.75) is 138 Å². The maximum absolute atomic E-state index is 2.53. The third-order valence-corrected chi connectivity index (χ3v) is 12.8. The minimum Gasteiger partial charge on any atom is -0.369 e. The molecular weight excluding hydrogens is 767 g/mol. The Balaban J connectivity index is 0.000000131. The van der Waals surface area contributed by atoms with E-state index in [2.05, 4.69) is 239 Å². The van der Waals surface area contributed by atoms with Gasteiger partial charge in [0.2, 0.25) is 0 Å². The fourth-order valence-electron chi connectivity index (χ4n) is 9.27. The minimum atomic E-state index is 0.540. The predicted octanol–water partition coefficient (Wildman–Crippen LogP) is 14.0. The smallest absolute Gasteiger partial charge is 0.0482 e. The number of aromatic nitrogens is 1. The van der Waals surface area contributed by atoms with E-state index in [-0.39, 0.29) is 0 Å². The summed E-state index contributed by atoms with van der Waals surface area (Å²) < 4.78 is 2.29. The van der Waals surface area contributed by atoms with E-state index < -0.39 is 0 Å². The molecule has 0 amide bonds. The molecule has 5 aromatic carbocycles. The van der Waals surface area contributed by atoms with Crippen molar-refractivity contribution in [3.8, 4) is 0 Å². The molecule has 0 aliphatic carbocycles. The Bertz CT molecular complexity index is 2330. The predicted molar refractivity (Wildman–Crippen MR) is 275 cm³/mol. The molecule has 5 heterocycles. The first kappa shape index (κ1) is 47.2. The molecule has 0 bridgehead atoms. The number of nitrogens with zero attached hydrogens (tertiary/aromatic N) is 5. The van der Waals surface area contributed by atoms with Crippen molar-refractivity contribution in [1.29, 1.82) is 0 Å². The van der Waals surface area contributed by atoms with Crippen LogP contribution in [0, 0.1) is 0 Å². The van der Waals surface area contributed by atoms with Gasteiger partial charge < -0.3 is 19.3 Å². The molecule has 0 fully saturated rings. The van der Waals surface area contributed by atoms with Gasteiger partial charge in [-0.2, -0.15) is 0 Å². The fraction of sp³-hybridized carbons (Fsp3) is 0.414. The van der Waals surface area contributed by atoms with Crippen LogP contribution in [0.15, 0.2) is 146 Å². The summed E-state index contributed by atoms with van der Waals surface area (Å²) in [6.07, 6.45) is 12.6. The van der Waals surface area contributed by atoms with Crippen molar-refractivity contribution < 1.29 is 0 Å². The second-order valence-corrected chi connectivity index (χ2v) is 18.9. The molecule has 5 heteroatoms. The zero-order chi connectivity index (χ0) is 44.9. The van der Waals surface area contributed by atoms with E-state index in [1.807, 2.05) is 0 Å². The zero-order valence-corrected chi connectivity index (χ0v) is 40.3. The molecule has 4 aliphatic rings. The van der Waals surface area contributed by atoms with E-state index in [1.54, 1.807) is 5.56 Å². The highest BCUT2D eigenvalue weighted by atomic mass is 15.2. The first-order chi connectivity index (χ1) is 30.4. The van der Waals surface area contributed by atoms with E-state index >= 15 is 0 Å². The fourth-order valence-corrected chi connectivity index (χ4v) is 9.27. The second kappa shape index (κ2) is 22.9. The summed E-state index contributed by atoms with van der Waals surface area (Å²) in [4.78, 5) is 9.81. The van der Waals surface area contributed by atoms with Gasteiger partial charge >= 0.3 is 0 Å². The number of fused-ring (bicyclic) bond motifs is 5. The van der Waals surface area contributed by atoms with E-state index in [0.717, 1.165) is 13.0 Å². The van der Waals surface area contributed by atoms with Crippen molar-refractivity contribution in [3.05, 3.63) is 174 Å². The van der Waals surface area contributed by atoms with Gasteiger partial charge in [0.05, 0.1) is 0 Å². The van der Waals surface area contributed by atoms with E-state index in [9.17, 15) is 0 Å². The molecule has 4 aliphatic heterocycles. The number of rotatable bonds is 5. The van der Waals surface area contributed by atoms with Crippen LogP contribution in [0.1, 0.15) is 110 Å². The highest BCUT2D eigenvalue weighted by Gasteiger charge is 2.21. The molecule has 1 aromatic heterocycles. The first-order valence-electron chi connectivity index (χ1n) is 24.0. The molecule has 63 heavy (non-hydrogen) atoms. The Hall–Kier alpha value is -5.26. The summed E-state index contributed by atoms with van der Waals surface area (Å²) >= 11 is 0.